The Labute approximate surface area is 212 Å². The fraction of sp³-hybridized carbons (Fsp3) is 0.333. The molecule has 2 atom stereocenters. The summed E-state index contributed by atoms with van der Waals surface area (Å²) in [6.45, 7) is 0. The van der Waals surface area contributed by atoms with Crippen LogP contribution in [0.25, 0.3) is 0 Å². The molecule has 0 spiro atoms. The molecule has 3 aromatic rings. The van der Waals surface area contributed by atoms with E-state index in [1.54, 1.807) is 19.1 Å². The van der Waals surface area contributed by atoms with Gasteiger partial charge in [-0.1, -0.05) is 49.6 Å². The first-order valence-corrected chi connectivity index (χ1v) is 12.6. The molecule has 1 saturated carbocycles. The minimum absolute atomic E-state index is 0.0406. The number of carbonyl (C=O) groups excluding carboxylic acids is 2. The summed E-state index contributed by atoms with van der Waals surface area (Å²) in [5.41, 5.74) is 2.91. The number of nitrogens with one attached hydrogen (secondary N) is 1. The number of carbonyl (C=O) groups is 2. The number of rotatable bonds is 6. The van der Waals surface area contributed by atoms with Gasteiger partial charge in [0.15, 0.2) is 0 Å². The first-order chi connectivity index (χ1) is 17.6. The Morgan fingerprint density at radius 2 is 1.44 bits per heavy atom. The molecule has 1 fully saturated rings. The van der Waals surface area contributed by atoms with E-state index in [9.17, 15) is 9.59 Å². The number of methoxy groups -OCH3 is 2. The summed E-state index contributed by atoms with van der Waals surface area (Å²) in [5, 5.41) is 3.34. The molecule has 0 saturated heterocycles. The van der Waals surface area contributed by atoms with Crippen molar-refractivity contribution in [2.45, 2.75) is 50.1 Å². The summed E-state index contributed by atoms with van der Waals surface area (Å²) >= 11 is 0. The van der Waals surface area contributed by atoms with Crippen LogP contribution in [0.2, 0.25) is 0 Å². The second-order valence-electron chi connectivity index (χ2n) is 9.50. The van der Waals surface area contributed by atoms with Gasteiger partial charge in [0.1, 0.15) is 11.5 Å². The molecule has 1 N–H and O–H groups in total. The number of hydrogen-bond acceptors (Lipinski definition) is 4. The zero-order chi connectivity index (χ0) is 25.1. The zero-order valence-corrected chi connectivity index (χ0v) is 20.8. The van der Waals surface area contributed by atoms with Gasteiger partial charge in [-0.15, -0.1) is 0 Å². The van der Waals surface area contributed by atoms with Crippen LogP contribution in [0.3, 0.4) is 0 Å². The molecular weight excluding hydrogens is 452 g/mol. The van der Waals surface area contributed by atoms with E-state index in [1.165, 1.54) is 6.42 Å². The van der Waals surface area contributed by atoms with Crippen molar-refractivity contribution in [3.63, 3.8) is 0 Å². The largest absolute Gasteiger partial charge is 0.497 e. The van der Waals surface area contributed by atoms with Gasteiger partial charge in [0.05, 0.1) is 26.2 Å². The molecule has 0 bridgehead atoms. The van der Waals surface area contributed by atoms with Gasteiger partial charge in [0, 0.05) is 17.3 Å². The van der Waals surface area contributed by atoms with Crippen molar-refractivity contribution in [2.24, 2.45) is 0 Å². The molecule has 36 heavy (non-hydrogen) atoms. The maximum Gasteiger partial charge on any atom is 0.259 e. The number of fused-ring (bicyclic) bond motifs is 1. The van der Waals surface area contributed by atoms with E-state index < -0.39 is 12.0 Å². The number of ether oxygens (including phenoxy) is 2. The molecule has 0 radical (unpaired) electrons. The van der Waals surface area contributed by atoms with Crippen LogP contribution in [-0.4, -0.2) is 32.1 Å². The van der Waals surface area contributed by atoms with Crippen LogP contribution in [0.4, 0.5) is 5.69 Å². The summed E-state index contributed by atoms with van der Waals surface area (Å²) in [7, 11) is 3.24. The van der Waals surface area contributed by atoms with E-state index in [0.717, 1.165) is 42.6 Å². The summed E-state index contributed by atoms with van der Waals surface area (Å²) in [6, 6.07) is 22.2. The summed E-state index contributed by atoms with van der Waals surface area (Å²) in [6.07, 6.45) is 5.46. The van der Waals surface area contributed by atoms with E-state index >= 15 is 0 Å². The smallest absolute Gasteiger partial charge is 0.259 e. The van der Waals surface area contributed by atoms with Crippen molar-refractivity contribution in [2.75, 3.05) is 19.1 Å². The van der Waals surface area contributed by atoms with Crippen LogP contribution < -0.4 is 19.7 Å². The van der Waals surface area contributed by atoms with Crippen LogP contribution in [0, 0.1) is 0 Å². The molecule has 1 heterocycles. The number of anilines is 1. The molecule has 2 unspecified atom stereocenters. The normalized spacial score (nSPS) is 19.9. The summed E-state index contributed by atoms with van der Waals surface area (Å²) in [5.74, 6) is 0.701. The van der Waals surface area contributed by atoms with E-state index in [4.69, 9.17) is 9.47 Å². The molecule has 186 valence electrons. The molecular formula is C30H32N2O4. The molecule has 6 heteroatoms. The average molecular weight is 485 g/mol. The fourth-order valence-corrected chi connectivity index (χ4v) is 5.52. The van der Waals surface area contributed by atoms with Crippen molar-refractivity contribution in [3.05, 3.63) is 89.5 Å². The molecule has 3 aromatic carbocycles. The lowest BCUT2D eigenvalue weighted by atomic mass is 9.78. The summed E-state index contributed by atoms with van der Waals surface area (Å²) in [4.78, 5) is 29.8. The average Bonchev–Trinajstić information content (AvgIpc) is 2.93. The maximum absolute atomic E-state index is 14.0. The molecule has 6 nitrogen and oxygen atoms in total. The van der Waals surface area contributed by atoms with Crippen LogP contribution in [0.1, 0.15) is 65.5 Å². The highest BCUT2D eigenvalue weighted by atomic mass is 16.5. The SMILES string of the molecule is COc1ccc(C2C(C(=O)NC3CCCCC3)c3ccccc3C(=O)N2c2ccc(OC)cc2)cc1. The highest BCUT2D eigenvalue weighted by molar-refractivity contribution is 6.11. The van der Waals surface area contributed by atoms with Crippen LogP contribution in [0.5, 0.6) is 11.5 Å². The lowest BCUT2D eigenvalue weighted by Crippen LogP contribution is -2.49. The zero-order valence-electron chi connectivity index (χ0n) is 20.8. The van der Waals surface area contributed by atoms with E-state index in [2.05, 4.69) is 5.32 Å². The number of amides is 2. The predicted molar refractivity (Wildman–Crippen MR) is 140 cm³/mol. The Bertz CT molecular complexity index is 1220. The van der Waals surface area contributed by atoms with Crippen molar-refractivity contribution in [1.29, 1.82) is 0 Å². The van der Waals surface area contributed by atoms with Gasteiger partial charge in [-0.25, -0.2) is 0 Å². The molecule has 1 aliphatic heterocycles. The second-order valence-corrected chi connectivity index (χ2v) is 9.50. The standard InChI is InChI=1S/C30H32N2O4/c1-35-23-16-12-20(13-17-23)28-27(29(33)31-21-8-4-3-5-9-21)25-10-6-7-11-26(25)30(34)32(28)22-14-18-24(36-2)19-15-22/h6-7,10-19,21,27-28H,3-5,8-9H2,1-2H3,(H,31,33). The molecule has 5 rings (SSSR count). The van der Waals surface area contributed by atoms with Gasteiger partial charge < -0.3 is 14.8 Å². The minimum atomic E-state index is -0.559. The van der Waals surface area contributed by atoms with Crippen molar-refractivity contribution < 1.29 is 19.1 Å². The third-order valence-electron chi connectivity index (χ3n) is 7.38. The van der Waals surface area contributed by atoms with Crippen molar-refractivity contribution in [3.8, 4) is 11.5 Å². The lowest BCUT2D eigenvalue weighted by Gasteiger charge is -2.42. The van der Waals surface area contributed by atoms with Crippen molar-refractivity contribution in [1.82, 2.24) is 5.32 Å². The molecule has 1 aliphatic carbocycles. The lowest BCUT2D eigenvalue weighted by molar-refractivity contribution is -0.124. The number of hydrogen-bond donors (Lipinski definition) is 1. The molecule has 2 amide bonds. The fourth-order valence-electron chi connectivity index (χ4n) is 5.52. The third-order valence-corrected chi connectivity index (χ3v) is 7.38. The second kappa shape index (κ2) is 10.4. The quantitative estimate of drug-likeness (QED) is 0.492. The first kappa shape index (κ1) is 23.9. The monoisotopic (exact) mass is 484 g/mol. The molecule has 0 aromatic heterocycles. The minimum Gasteiger partial charge on any atom is -0.497 e. The van der Waals surface area contributed by atoms with Crippen LogP contribution in [0.15, 0.2) is 72.8 Å². The van der Waals surface area contributed by atoms with E-state index in [1.807, 2.05) is 72.8 Å². The van der Waals surface area contributed by atoms with Gasteiger partial charge >= 0.3 is 0 Å². The maximum atomic E-state index is 14.0. The van der Waals surface area contributed by atoms with Gasteiger partial charge in [-0.3, -0.25) is 14.5 Å². The van der Waals surface area contributed by atoms with Gasteiger partial charge in [0.2, 0.25) is 5.91 Å². The Balaban J connectivity index is 1.64. The Morgan fingerprint density at radius 3 is 2.08 bits per heavy atom. The first-order valence-electron chi connectivity index (χ1n) is 12.6. The van der Waals surface area contributed by atoms with Crippen LogP contribution >= 0.6 is 0 Å². The van der Waals surface area contributed by atoms with Gasteiger partial charge in [-0.05, 0) is 66.4 Å². The van der Waals surface area contributed by atoms with Gasteiger partial charge in [0.25, 0.3) is 5.91 Å². The summed E-state index contributed by atoms with van der Waals surface area (Å²) < 4.78 is 10.7. The van der Waals surface area contributed by atoms with E-state index in [-0.39, 0.29) is 17.9 Å². The molecule has 2 aliphatic rings. The van der Waals surface area contributed by atoms with Crippen molar-refractivity contribution >= 4 is 17.5 Å². The van der Waals surface area contributed by atoms with Gasteiger partial charge in [-0.2, -0.15) is 0 Å². The Kier molecular flexibility index (Phi) is 6.94. The van der Waals surface area contributed by atoms with Crippen LogP contribution in [-0.2, 0) is 4.79 Å². The third kappa shape index (κ3) is 4.55. The van der Waals surface area contributed by atoms with E-state index in [0.29, 0.717) is 17.0 Å². The number of nitrogens with zero attached hydrogens (tertiary/aromatic N) is 1. The highest BCUT2D eigenvalue weighted by Gasteiger charge is 2.45. The Hall–Kier alpha value is -3.80. The predicted octanol–water partition coefficient (Wildman–Crippen LogP) is 5.64. The number of benzene rings is 3. The highest BCUT2D eigenvalue weighted by Crippen LogP contribution is 2.45. The Morgan fingerprint density at radius 1 is 0.833 bits per heavy atom. The topological polar surface area (TPSA) is 67.9 Å².